The first-order valence-corrected chi connectivity index (χ1v) is 8.11. The van der Waals surface area contributed by atoms with E-state index in [2.05, 4.69) is 25.9 Å². The minimum absolute atomic E-state index is 0.165. The average Bonchev–Trinajstić information content (AvgIpc) is 2.77. The normalized spacial score (nSPS) is 11.9. The summed E-state index contributed by atoms with van der Waals surface area (Å²) in [6.07, 6.45) is 2.73. The quantitative estimate of drug-likeness (QED) is 0.693. The second-order valence-corrected chi connectivity index (χ2v) is 6.99. The first-order valence-electron chi connectivity index (χ1n) is 5.50. The zero-order valence-electron chi connectivity index (χ0n) is 9.86. The number of hydrogen-bond donors (Lipinski definition) is 0. The van der Waals surface area contributed by atoms with Gasteiger partial charge in [0.1, 0.15) is 10.1 Å². The van der Waals surface area contributed by atoms with Crippen LogP contribution in [0.1, 0.15) is 0 Å². The third kappa shape index (κ3) is 2.11. The molecule has 3 rings (SSSR count). The second-order valence-electron chi connectivity index (χ2n) is 3.96. The zero-order chi connectivity index (χ0) is 14.3. The molecule has 102 valence electrons. The van der Waals surface area contributed by atoms with Gasteiger partial charge in [0.25, 0.3) is 10.0 Å². The molecule has 0 aliphatic carbocycles. The first kappa shape index (κ1) is 13.5. The molecule has 0 saturated carbocycles. The Morgan fingerprint density at radius 2 is 1.90 bits per heavy atom. The molecule has 8 heteroatoms. The van der Waals surface area contributed by atoms with E-state index in [0.717, 1.165) is 3.97 Å². The van der Waals surface area contributed by atoms with Gasteiger partial charge in [-0.15, -0.1) is 0 Å². The molecule has 1 aromatic carbocycles. The van der Waals surface area contributed by atoms with Crippen molar-refractivity contribution in [3.05, 3.63) is 52.4 Å². The number of nitrogens with zero attached hydrogens (tertiary/aromatic N) is 3. The predicted octanol–water partition coefficient (Wildman–Crippen LogP) is 3.08. The van der Waals surface area contributed by atoms with Crippen LogP contribution < -0.4 is 0 Å². The Balaban J connectivity index is 2.31. The highest BCUT2D eigenvalue weighted by Crippen LogP contribution is 2.27. The molecule has 0 aliphatic rings. The minimum atomic E-state index is -3.74. The molecule has 2 aromatic heterocycles. The monoisotopic (exact) mass is 371 g/mol. The second kappa shape index (κ2) is 4.83. The van der Waals surface area contributed by atoms with E-state index in [9.17, 15) is 8.42 Å². The van der Waals surface area contributed by atoms with Gasteiger partial charge >= 0.3 is 0 Å². The Morgan fingerprint density at radius 3 is 2.60 bits per heavy atom. The lowest BCUT2D eigenvalue weighted by Crippen LogP contribution is -2.12. The van der Waals surface area contributed by atoms with Crippen LogP contribution in [-0.2, 0) is 10.0 Å². The number of aromatic nitrogens is 3. The zero-order valence-corrected chi connectivity index (χ0v) is 13.0. The van der Waals surface area contributed by atoms with E-state index in [-0.39, 0.29) is 15.6 Å². The third-order valence-electron chi connectivity index (χ3n) is 2.69. The molecule has 0 saturated heterocycles. The molecule has 0 aliphatic heterocycles. The molecule has 3 aromatic rings. The van der Waals surface area contributed by atoms with Crippen LogP contribution in [0, 0.1) is 0 Å². The number of hydrogen-bond acceptors (Lipinski definition) is 4. The standard InChI is InChI=1S/C12H7BrClN3O2S/c13-10-6-15-12-11(16-10)9(14)7-17(12)20(18,19)8-4-2-1-3-5-8/h1-7H. The van der Waals surface area contributed by atoms with Gasteiger partial charge in [0, 0.05) is 6.20 Å². The van der Waals surface area contributed by atoms with Gasteiger partial charge in [-0.05, 0) is 28.1 Å². The van der Waals surface area contributed by atoms with Crippen molar-refractivity contribution in [2.75, 3.05) is 0 Å². The Hall–Kier alpha value is -1.44. The Morgan fingerprint density at radius 1 is 1.20 bits per heavy atom. The number of rotatable bonds is 2. The lowest BCUT2D eigenvalue weighted by molar-refractivity contribution is 0.588. The number of benzene rings is 1. The Labute approximate surface area is 128 Å². The van der Waals surface area contributed by atoms with E-state index < -0.39 is 10.0 Å². The van der Waals surface area contributed by atoms with Crippen LogP contribution in [-0.4, -0.2) is 22.4 Å². The van der Waals surface area contributed by atoms with Gasteiger partial charge in [0.2, 0.25) is 0 Å². The fraction of sp³-hybridized carbons (Fsp3) is 0. The van der Waals surface area contributed by atoms with Crippen molar-refractivity contribution in [2.45, 2.75) is 4.90 Å². The van der Waals surface area contributed by atoms with Crippen molar-refractivity contribution in [3.63, 3.8) is 0 Å². The van der Waals surface area contributed by atoms with Gasteiger partial charge < -0.3 is 0 Å². The summed E-state index contributed by atoms with van der Waals surface area (Å²) < 4.78 is 26.7. The van der Waals surface area contributed by atoms with E-state index in [1.807, 2.05) is 0 Å². The minimum Gasteiger partial charge on any atom is -0.234 e. The van der Waals surface area contributed by atoms with Crippen LogP contribution in [0.3, 0.4) is 0 Å². The summed E-state index contributed by atoms with van der Waals surface area (Å²) in [4.78, 5) is 8.39. The van der Waals surface area contributed by atoms with Crippen molar-refractivity contribution >= 4 is 48.7 Å². The molecule has 0 amide bonds. The maximum atomic E-state index is 12.6. The van der Waals surface area contributed by atoms with Gasteiger partial charge in [0.15, 0.2) is 5.65 Å². The summed E-state index contributed by atoms with van der Waals surface area (Å²) in [6, 6.07) is 8.09. The molecule has 0 atom stereocenters. The van der Waals surface area contributed by atoms with Crippen molar-refractivity contribution in [1.82, 2.24) is 13.9 Å². The lowest BCUT2D eigenvalue weighted by Gasteiger charge is -2.06. The summed E-state index contributed by atoms with van der Waals surface area (Å²) in [5, 5.41) is 0.230. The average molecular weight is 373 g/mol. The van der Waals surface area contributed by atoms with Crippen LogP contribution in [0.5, 0.6) is 0 Å². The van der Waals surface area contributed by atoms with E-state index >= 15 is 0 Å². The molecular weight excluding hydrogens is 366 g/mol. The fourth-order valence-electron chi connectivity index (χ4n) is 1.80. The predicted molar refractivity (Wildman–Crippen MR) is 79.3 cm³/mol. The summed E-state index contributed by atoms with van der Waals surface area (Å²) in [7, 11) is -3.74. The summed E-state index contributed by atoms with van der Waals surface area (Å²) in [5.41, 5.74) is 0.530. The van der Waals surface area contributed by atoms with Gasteiger partial charge in [0.05, 0.1) is 16.1 Å². The van der Waals surface area contributed by atoms with Gasteiger partial charge in [-0.3, -0.25) is 0 Å². The number of halogens is 2. The molecule has 0 bridgehead atoms. The van der Waals surface area contributed by atoms with Crippen LogP contribution >= 0.6 is 27.5 Å². The van der Waals surface area contributed by atoms with Crippen molar-refractivity contribution in [2.24, 2.45) is 0 Å². The highest BCUT2D eigenvalue weighted by molar-refractivity contribution is 9.10. The van der Waals surface area contributed by atoms with Crippen molar-refractivity contribution in [3.8, 4) is 0 Å². The summed E-state index contributed by atoms with van der Waals surface area (Å²) in [5.74, 6) is 0. The fourth-order valence-corrected chi connectivity index (χ4v) is 3.69. The molecule has 0 unspecified atom stereocenters. The molecule has 0 radical (unpaired) electrons. The van der Waals surface area contributed by atoms with E-state index in [4.69, 9.17) is 11.6 Å². The van der Waals surface area contributed by atoms with E-state index in [1.54, 1.807) is 18.2 Å². The largest absolute Gasteiger partial charge is 0.269 e. The number of fused-ring (bicyclic) bond motifs is 1. The Kier molecular flexibility index (Phi) is 3.27. The summed E-state index contributed by atoms with van der Waals surface area (Å²) in [6.45, 7) is 0. The molecule has 2 heterocycles. The van der Waals surface area contributed by atoms with Crippen LogP contribution in [0.2, 0.25) is 5.02 Å². The molecule has 0 N–H and O–H groups in total. The molecule has 0 fully saturated rings. The van der Waals surface area contributed by atoms with Crippen molar-refractivity contribution < 1.29 is 8.42 Å². The van der Waals surface area contributed by atoms with Crippen LogP contribution in [0.25, 0.3) is 11.2 Å². The molecular formula is C12H7BrClN3O2S. The van der Waals surface area contributed by atoms with Crippen molar-refractivity contribution in [1.29, 1.82) is 0 Å². The SMILES string of the molecule is O=S(=O)(c1ccccc1)n1cc(Cl)c2nc(Br)cnc21. The van der Waals surface area contributed by atoms with Crippen LogP contribution in [0.15, 0.2) is 52.2 Å². The third-order valence-corrected chi connectivity index (χ3v) is 5.01. The van der Waals surface area contributed by atoms with Gasteiger partial charge in [-0.1, -0.05) is 29.8 Å². The van der Waals surface area contributed by atoms with E-state index in [1.165, 1.54) is 24.5 Å². The molecule has 20 heavy (non-hydrogen) atoms. The first-order chi connectivity index (χ1) is 9.50. The highest BCUT2D eigenvalue weighted by Gasteiger charge is 2.22. The topological polar surface area (TPSA) is 64.8 Å². The smallest absolute Gasteiger partial charge is 0.234 e. The maximum Gasteiger partial charge on any atom is 0.269 e. The maximum absolute atomic E-state index is 12.6. The van der Waals surface area contributed by atoms with E-state index in [0.29, 0.717) is 10.1 Å². The Bertz CT molecular complexity index is 894. The van der Waals surface area contributed by atoms with Gasteiger partial charge in [-0.25, -0.2) is 22.4 Å². The van der Waals surface area contributed by atoms with Gasteiger partial charge in [-0.2, -0.15) is 0 Å². The summed E-state index contributed by atoms with van der Waals surface area (Å²) >= 11 is 9.21. The highest BCUT2D eigenvalue weighted by atomic mass is 79.9. The molecule has 0 spiro atoms. The van der Waals surface area contributed by atoms with Crippen LogP contribution in [0.4, 0.5) is 0 Å². The molecule has 5 nitrogen and oxygen atoms in total. The lowest BCUT2D eigenvalue weighted by atomic mass is 10.4.